The van der Waals surface area contributed by atoms with Crippen molar-refractivity contribution in [2.45, 2.75) is 39.2 Å². The molecule has 1 aliphatic heterocycles. The first-order chi connectivity index (χ1) is 7.61. The van der Waals surface area contributed by atoms with Crippen LogP contribution in [0.1, 0.15) is 38.7 Å². The molecule has 0 saturated heterocycles. The monoisotopic (exact) mass is 218 g/mol. The Hall–Kier alpha value is -1.51. The van der Waals surface area contributed by atoms with Crippen LogP contribution < -0.4 is 10.6 Å². The minimum absolute atomic E-state index is 0.0623. The largest absolute Gasteiger partial charge is 0.372 e. The Labute approximate surface area is 96.2 Å². The summed E-state index contributed by atoms with van der Waals surface area (Å²) in [6, 6.07) is 6.07. The molecule has 0 bridgehead atoms. The molecular formula is C13H18N2O. The molecule has 16 heavy (non-hydrogen) atoms. The lowest BCUT2D eigenvalue weighted by Crippen LogP contribution is -2.38. The minimum atomic E-state index is -0.102. The van der Waals surface area contributed by atoms with Gasteiger partial charge in [-0.1, -0.05) is 26.8 Å². The fourth-order valence-corrected chi connectivity index (χ4v) is 1.91. The van der Waals surface area contributed by atoms with Crippen molar-refractivity contribution >= 4 is 17.3 Å². The second-order valence-electron chi connectivity index (χ2n) is 4.55. The molecule has 0 radical (unpaired) electrons. The van der Waals surface area contributed by atoms with Crippen LogP contribution in [0.25, 0.3) is 0 Å². The van der Waals surface area contributed by atoms with Crippen molar-refractivity contribution in [2.24, 2.45) is 0 Å². The molecule has 1 amide bonds. The normalized spacial score (nSPS) is 19.0. The van der Waals surface area contributed by atoms with Crippen molar-refractivity contribution < 1.29 is 4.79 Å². The topological polar surface area (TPSA) is 41.1 Å². The zero-order chi connectivity index (χ0) is 11.7. The fourth-order valence-electron chi connectivity index (χ4n) is 1.91. The van der Waals surface area contributed by atoms with Crippen molar-refractivity contribution in [2.75, 3.05) is 10.6 Å². The third-order valence-corrected chi connectivity index (χ3v) is 3.02. The summed E-state index contributed by atoms with van der Waals surface area (Å²) < 4.78 is 0. The SMILES string of the molecule is CCC1Nc2cc(C(C)C)ccc2NC1=O. The van der Waals surface area contributed by atoms with Gasteiger partial charge in [-0.25, -0.2) is 0 Å². The molecule has 3 nitrogen and oxygen atoms in total. The van der Waals surface area contributed by atoms with E-state index in [9.17, 15) is 4.79 Å². The molecule has 1 aliphatic rings. The van der Waals surface area contributed by atoms with E-state index in [0.717, 1.165) is 17.8 Å². The first kappa shape index (κ1) is 11.0. The highest BCUT2D eigenvalue weighted by atomic mass is 16.2. The highest BCUT2D eigenvalue weighted by molar-refractivity contribution is 6.02. The fraction of sp³-hybridized carbons (Fsp3) is 0.462. The van der Waals surface area contributed by atoms with E-state index in [1.807, 2.05) is 13.0 Å². The van der Waals surface area contributed by atoms with Crippen molar-refractivity contribution in [1.29, 1.82) is 0 Å². The van der Waals surface area contributed by atoms with Crippen LogP contribution in [0.4, 0.5) is 11.4 Å². The zero-order valence-corrected chi connectivity index (χ0v) is 10.0. The van der Waals surface area contributed by atoms with Crippen LogP contribution in [-0.4, -0.2) is 11.9 Å². The van der Waals surface area contributed by atoms with Gasteiger partial charge in [-0.2, -0.15) is 0 Å². The van der Waals surface area contributed by atoms with Gasteiger partial charge in [-0.3, -0.25) is 4.79 Å². The van der Waals surface area contributed by atoms with E-state index in [0.29, 0.717) is 5.92 Å². The average molecular weight is 218 g/mol. The van der Waals surface area contributed by atoms with Gasteiger partial charge in [0, 0.05) is 0 Å². The lowest BCUT2D eigenvalue weighted by molar-refractivity contribution is -0.117. The Morgan fingerprint density at radius 1 is 1.31 bits per heavy atom. The highest BCUT2D eigenvalue weighted by Crippen LogP contribution is 2.30. The third-order valence-electron chi connectivity index (χ3n) is 3.02. The van der Waals surface area contributed by atoms with Crippen LogP contribution in [0.3, 0.4) is 0 Å². The number of carbonyl (C=O) groups is 1. The molecular weight excluding hydrogens is 200 g/mol. The van der Waals surface area contributed by atoms with Gasteiger partial charge in [0.2, 0.25) is 5.91 Å². The van der Waals surface area contributed by atoms with Crippen LogP contribution in [0.5, 0.6) is 0 Å². The van der Waals surface area contributed by atoms with Gasteiger partial charge < -0.3 is 10.6 Å². The van der Waals surface area contributed by atoms with Gasteiger partial charge in [0.15, 0.2) is 0 Å². The Kier molecular flexibility index (Phi) is 2.86. The van der Waals surface area contributed by atoms with Crippen LogP contribution in [0, 0.1) is 0 Å². The summed E-state index contributed by atoms with van der Waals surface area (Å²) in [7, 11) is 0. The van der Waals surface area contributed by atoms with Gasteiger partial charge in [-0.15, -0.1) is 0 Å². The van der Waals surface area contributed by atoms with Crippen molar-refractivity contribution in [1.82, 2.24) is 0 Å². The number of rotatable bonds is 2. The average Bonchev–Trinajstić information content (AvgIpc) is 2.27. The third kappa shape index (κ3) is 1.90. The molecule has 86 valence electrons. The number of anilines is 2. The summed E-state index contributed by atoms with van der Waals surface area (Å²) in [5.41, 5.74) is 3.22. The standard InChI is InChI=1S/C13H18N2O/c1-4-10-13(16)15-11-6-5-9(8(2)3)7-12(11)14-10/h5-8,10,14H,4H2,1-3H3,(H,15,16). The first-order valence-electron chi connectivity index (χ1n) is 5.83. The molecule has 3 heteroatoms. The molecule has 2 rings (SSSR count). The molecule has 0 aromatic heterocycles. The quantitative estimate of drug-likeness (QED) is 0.801. The molecule has 1 aromatic rings. The maximum absolute atomic E-state index is 11.6. The Balaban J connectivity index is 2.33. The number of hydrogen-bond acceptors (Lipinski definition) is 2. The summed E-state index contributed by atoms with van der Waals surface area (Å²) in [5, 5.41) is 6.21. The summed E-state index contributed by atoms with van der Waals surface area (Å²) in [6.45, 7) is 6.34. The summed E-state index contributed by atoms with van der Waals surface area (Å²) in [5.74, 6) is 0.567. The number of amides is 1. The van der Waals surface area contributed by atoms with Gasteiger partial charge in [0.25, 0.3) is 0 Å². The summed E-state index contributed by atoms with van der Waals surface area (Å²) >= 11 is 0. The molecule has 1 heterocycles. The molecule has 1 aromatic carbocycles. The van der Waals surface area contributed by atoms with Crippen LogP contribution in [0.2, 0.25) is 0 Å². The van der Waals surface area contributed by atoms with E-state index in [1.54, 1.807) is 0 Å². The van der Waals surface area contributed by atoms with E-state index < -0.39 is 0 Å². The van der Waals surface area contributed by atoms with Crippen molar-refractivity contribution in [3.63, 3.8) is 0 Å². The Bertz CT molecular complexity index is 412. The number of benzene rings is 1. The molecule has 0 saturated carbocycles. The van der Waals surface area contributed by atoms with Crippen LogP contribution >= 0.6 is 0 Å². The van der Waals surface area contributed by atoms with Gasteiger partial charge >= 0.3 is 0 Å². The highest BCUT2D eigenvalue weighted by Gasteiger charge is 2.23. The van der Waals surface area contributed by atoms with E-state index in [1.165, 1.54) is 5.56 Å². The van der Waals surface area contributed by atoms with Crippen molar-refractivity contribution in [3.8, 4) is 0 Å². The maximum atomic E-state index is 11.6. The van der Waals surface area contributed by atoms with E-state index in [-0.39, 0.29) is 11.9 Å². The number of hydrogen-bond donors (Lipinski definition) is 2. The summed E-state index contributed by atoms with van der Waals surface area (Å²) in [6.07, 6.45) is 0.803. The molecule has 0 spiro atoms. The molecule has 2 N–H and O–H groups in total. The lowest BCUT2D eigenvalue weighted by Gasteiger charge is -2.26. The predicted molar refractivity (Wildman–Crippen MR) is 66.9 cm³/mol. The van der Waals surface area contributed by atoms with Crippen LogP contribution in [0.15, 0.2) is 18.2 Å². The smallest absolute Gasteiger partial charge is 0.246 e. The maximum Gasteiger partial charge on any atom is 0.246 e. The number of nitrogens with one attached hydrogen (secondary N) is 2. The molecule has 1 atom stereocenters. The van der Waals surface area contributed by atoms with Gasteiger partial charge in [0.05, 0.1) is 11.4 Å². The Morgan fingerprint density at radius 3 is 2.69 bits per heavy atom. The number of carbonyl (C=O) groups excluding carboxylic acids is 1. The zero-order valence-electron chi connectivity index (χ0n) is 10.0. The summed E-state index contributed by atoms with van der Waals surface area (Å²) in [4.78, 5) is 11.6. The van der Waals surface area contributed by atoms with Gasteiger partial charge in [-0.05, 0) is 30.0 Å². The van der Waals surface area contributed by atoms with Gasteiger partial charge in [0.1, 0.15) is 6.04 Å². The number of fused-ring (bicyclic) bond motifs is 1. The molecule has 0 fully saturated rings. The van der Waals surface area contributed by atoms with E-state index >= 15 is 0 Å². The first-order valence-corrected chi connectivity index (χ1v) is 5.83. The second kappa shape index (κ2) is 4.16. The lowest BCUT2D eigenvalue weighted by atomic mass is 10.00. The van der Waals surface area contributed by atoms with E-state index in [2.05, 4.69) is 36.6 Å². The minimum Gasteiger partial charge on any atom is -0.372 e. The Morgan fingerprint density at radius 2 is 2.06 bits per heavy atom. The van der Waals surface area contributed by atoms with Crippen molar-refractivity contribution in [3.05, 3.63) is 23.8 Å². The van der Waals surface area contributed by atoms with Crippen LogP contribution in [-0.2, 0) is 4.79 Å². The van der Waals surface area contributed by atoms with E-state index in [4.69, 9.17) is 0 Å². The molecule has 1 unspecified atom stereocenters. The molecule has 0 aliphatic carbocycles. The predicted octanol–water partition coefficient (Wildman–Crippen LogP) is 2.95. The second-order valence-corrected chi connectivity index (χ2v) is 4.55.